The molecule has 158 valence electrons. The second-order valence-electron chi connectivity index (χ2n) is 7.33. The van der Waals surface area contributed by atoms with Crippen LogP contribution in [0.3, 0.4) is 0 Å². The number of sulfonamides is 1. The minimum Gasteiger partial charge on any atom is -0.489 e. The summed E-state index contributed by atoms with van der Waals surface area (Å²) in [6, 6.07) is 8.21. The number of hydrogen-bond acceptors (Lipinski definition) is 4. The topological polar surface area (TPSA) is 83.0 Å². The zero-order valence-electron chi connectivity index (χ0n) is 17.4. The molecule has 1 aromatic rings. The Morgan fingerprint density at radius 3 is 2.68 bits per heavy atom. The first-order valence-corrected chi connectivity index (χ1v) is 11.6. The van der Waals surface area contributed by atoms with Gasteiger partial charge in [-0.25, -0.2) is 12.7 Å². The summed E-state index contributed by atoms with van der Waals surface area (Å²) in [6.45, 7) is 7.69. The number of hydrogen-bond donors (Lipinski definition) is 2. The van der Waals surface area contributed by atoms with Crippen molar-refractivity contribution in [3.63, 3.8) is 0 Å². The predicted octanol–water partition coefficient (Wildman–Crippen LogP) is 2.13. The molecule has 0 amide bonds. The van der Waals surface area contributed by atoms with E-state index in [1.165, 1.54) is 5.56 Å². The summed E-state index contributed by atoms with van der Waals surface area (Å²) < 4.78 is 31.9. The van der Waals surface area contributed by atoms with Gasteiger partial charge in [0.2, 0.25) is 10.0 Å². The number of nitrogens with zero attached hydrogens (tertiary/aromatic N) is 2. The molecule has 0 aromatic heterocycles. The third kappa shape index (κ3) is 6.98. The zero-order valence-corrected chi connectivity index (χ0v) is 18.3. The van der Waals surface area contributed by atoms with Gasteiger partial charge in [0.25, 0.3) is 0 Å². The fraction of sp³-hybridized carbons (Fsp3) is 0.650. The highest BCUT2D eigenvalue weighted by Gasteiger charge is 2.27. The van der Waals surface area contributed by atoms with Gasteiger partial charge in [-0.1, -0.05) is 19.1 Å². The van der Waals surface area contributed by atoms with Crippen molar-refractivity contribution in [3.05, 3.63) is 29.8 Å². The van der Waals surface area contributed by atoms with Crippen LogP contribution in [0.4, 0.5) is 0 Å². The van der Waals surface area contributed by atoms with Gasteiger partial charge in [0.15, 0.2) is 5.96 Å². The van der Waals surface area contributed by atoms with E-state index in [1.54, 1.807) is 11.4 Å². The summed E-state index contributed by atoms with van der Waals surface area (Å²) in [6.07, 6.45) is 2.19. The smallest absolute Gasteiger partial charge is 0.214 e. The molecule has 8 heteroatoms. The van der Waals surface area contributed by atoms with Crippen molar-refractivity contribution in [2.24, 2.45) is 4.99 Å². The Morgan fingerprint density at radius 2 is 2.07 bits per heavy atom. The number of benzene rings is 1. The average molecular weight is 411 g/mol. The van der Waals surface area contributed by atoms with Crippen LogP contribution >= 0.6 is 0 Å². The molecule has 1 unspecified atom stereocenters. The zero-order chi connectivity index (χ0) is 20.6. The van der Waals surface area contributed by atoms with Gasteiger partial charge in [-0.15, -0.1) is 0 Å². The van der Waals surface area contributed by atoms with Crippen molar-refractivity contribution in [2.45, 2.75) is 52.2 Å². The van der Waals surface area contributed by atoms with Crippen molar-refractivity contribution < 1.29 is 13.2 Å². The summed E-state index contributed by atoms with van der Waals surface area (Å²) in [5.41, 5.74) is 1.17. The molecular weight excluding hydrogens is 376 g/mol. The summed E-state index contributed by atoms with van der Waals surface area (Å²) in [4.78, 5) is 4.28. The Kier molecular flexibility index (Phi) is 8.57. The molecule has 1 fully saturated rings. The van der Waals surface area contributed by atoms with Crippen LogP contribution in [0.5, 0.6) is 5.75 Å². The molecule has 0 radical (unpaired) electrons. The van der Waals surface area contributed by atoms with Crippen LogP contribution in [0.15, 0.2) is 29.3 Å². The Labute approximate surface area is 169 Å². The highest BCUT2D eigenvalue weighted by atomic mass is 32.2. The normalized spacial score (nSPS) is 17.9. The first-order chi connectivity index (χ1) is 13.3. The second-order valence-corrected chi connectivity index (χ2v) is 9.42. The van der Waals surface area contributed by atoms with E-state index in [-0.39, 0.29) is 17.9 Å². The van der Waals surface area contributed by atoms with Gasteiger partial charge in [-0.2, -0.15) is 0 Å². The molecule has 0 aliphatic carbocycles. The monoisotopic (exact) mass is 410 g/mol. The van der Waals surface area contributed by atoms with E-state index >= 15 is 0 Å². The lowest BCUT2D eigenvalue weighted by molar-refractivity contribution is 0.223. The molecule has 1 atom stereocenters. The Hall–Kier alpha value is -1.80. The predicted molar refractivity (Wildman–Crippen MR) is 114 cm³/mol. The molecule has 7 nitrogen and oxygen atoms in total. The number of piperidine rings is 1. The van der Waals surface area contributed by atoms with E-state index in [0.717, 1.165) is 24.6 Å². The van der Waals surface area contributed by atoms with Crippen molar-refractivity contribution in [2.75, 3.05) is 32.4 Å². The fourth-order valence-electron chi connectivity index (χ4n) is 3.26. The molecule has 2 rings (SSSR count). The Bertz CT molecular complexity index is 744. The minimum atomic E-state index is -3.10. The largest absolute Gasteiger partial charge is 0.489 e. The molecule has 28 heavy (non-hydrogen) atoms. The number of aliphatic imine (C=N–C) groups is 1. The first-order valence-electron chi connectivity index (χ1n) is 10.0. The molecular formula is C20H34N4O3S. The number of rotatable bonds is 8. The molecule has 0 saturated carbocycles. The van der Waals surface area contributed by atoms with Crippen LogP contribution in [-0.2, 0) is 10.0 Å². The number of aryl methyl sites for hydroxylation is 1. The number of guanidine groups is 1. The van der Waals surface area contributed by atoms with E-state index in [1.807, 2.05) is 45.0 Å². The van der Waals surface area contributed by atoms with Gasteiger partial charge < -0.3 is 15.4 Å². The molecule has 1 aliphatic rings. The minimum absolute atomic E-state index is 0.0126. The van der Waals surface area contributed by atoms with Crippen molar-refractivity contribution >= 4 is 16.0 Å². The van der Waals surface area contributed by atoms with Gasteiger partial charge in [-0.3, -0.25) is 4.99 Å². The van der Waals surface area contributed by atoms with Crippen LogP contribution in [0.25, 0.3) is 0 Å². The van der Waals surface area contributed by atoms with Gasteiger partial charge >= 0.3 is 0 Å². The highest BCUT2D eigenvalue weighted by Crippen LogP contribution is 2.15. The van der Waals surface area contributed by atoms with Crippen LogP contribution in [0, 0.1) is 6.92 Å². The van der Waals surface area contributed by atoms with Crippen molar-refractivity contribution in [3.8, 4) is 5.75 Å². The Balaban J connectivity index is 1.76. The highest BCUT2D eigenvalue weighted by molar-refractivity contribution is 7.89. The van der Waals surface area contributed by atoms with Crippen LogP contribution in [0.1, 0.15) is 38.7 Å². The average Bonchev–Trinajstić information content (AvgIpc) is 2.65. The standard InChI is InChI=1S/C20H34N4O3S/c1-5-13-28(25,26)24-11-9-18(10-12-24)23-20(21-4)22-15-17(3)27-19-8-6-7-16(2)14-19/h6-8,14,17-18H,5,9-13,15H2,1-4H3,(H2,21,22,23). The van der Waals surface area contributed by atoms with E-state index in [0.29, 0.717) is 26.1 Å². The lowest BCUT2D eigenvalue weighted by Crippen LogP contribution is -2.51. The van der Waals surface area contributed by atoms with Crippen LogP contribution in [0.2, 0.25) is 0 Å². The maximum absolute atomic E-state index is 12.2. The van der Waals surface area contributed by atoms with Gasteiger partial charge in [-0.05, 0) is 50.8 Å². The number of ether oxygens (including phenoxy) is 1. The summed E-state index contributed by atoms with van der Waals surface area (Å²) >= 11 is 0. The molecule has 2 N–H and O–H groups in total. The van der Waals surface area contributed by atoms with Gasteiger partial charge in [0.05, 0.1) is 12.3 Å². The summed E-state index contributed by atoms with van der Waals surface area (Å²) in [7, 11) is -1.36. The quantitative estimate of drug-likeness (QED) is 0.507. The van der Waals surface area contributed by atoms with Crippen LogP contribution < -0.4 is 15.4 Å². The molecule has 1 aromatic carbocycles. The maximum Gasteiger partial charge on any atom is 0.214 e. The van der Waals surface area contributed by atoms with E-state index in [4.69, 9.17) is 4.74 Å². The molecule has 1 saturated heterocycles. The maximum atomic E-state index is 12.2. The third-order valence-corrected chi connectivity index (χ3v) is 6.83. The van der Waals surface area contributed by atoms with Gasteiger partial charge in [0.1, 0.15) is 11.9 Å². The van der Waals surface area contributed by atoms with Crippen molar-refractivity contribution in [1.29, 1.82) is 0 Å². The van der Waals surface area contributed by atoms with Gasteiger partial charge in [0, 0.05) is 26.2 Å². The SMILES string of the molecule is CCCS(=O)(=O)N1CCC(NC(=NC)NCC(C)Oc2cccc(C)c2)CC1. The third-order valence-electron chi connectivity index (χ3n) is 4.76. The van der Waals surface area contributed by atoms with E-state index in [2.05, 4.69) is 15.6 Å². The van der Waals surface area contributed by atoms with Crippen molar-refractivity contribution in [1.82, 2.24) is 14.9 Å². The lowest BCUT2D eigenvalue weighted by Gasteiger charge is -2.32. The fourth-order valence-corrected chi connectivity index (χ4v) is 4.80. The lowest BCUT2D eigenvalue weighted by atomic mass is 10.1. The van der Waals surface area contributed by atoms with E-state index < -0.39 is 10.0 Å². The number of nitrogens with one attached hydrogen (secondary N) is 2. The first kappa shape index (κ1) is 22.5. The Morgan fingerprint density at radius 1 is 1.36 bits per heavy atom. The molecule has 1 heterocycles. The second kappa shape index (κ2) is 10.7. The summed E-state index contributed by atoms with van der Waals surface area (Å²) in [5, 5.41) is 6.69. The molecule has 1 aliphatic heterocycles. The molecule has 0 bridgehead atoms. The van der Waals surface area contributed by atoms with Crippen LogP contribution in [-0.4, -0.2) is 63.3 Å². The van der Waals surface area contributed by atoms with E-state index in [9.17, 15) is 8.42 Å². The summed E-state index contributed by atoms with van der Waals surface area (Å²) in [5.74, 6) is 1.81. The molecule has 0 spiro atoms.